The molecule has 24 heavy (non-hydrogen) atoms. The minimum Gasteiger partial charge on any atom is -0.469 e. The minimum absolute atomic E-state index is 0.181. The van der Waals surface area contributed by atoms with Gasteiger partial charge in [0.05, 0.1) is 13.5 Å². The van der Waals surface area contributed by atoms with E-state index in [-0.39, 0.29) is 5.97 Å². The first kappa shape index (κ1) is 16.7. The molecule has 0 radical (unpaired) electrons. The summed E-state index contributed by atoms with van der Waals surface area (Å²) in [6.07, 6.45) is 1.34. The first-order valence-electron chi connectivity index (χ1n) is 8.51. The molecule has 1 N–H and O–H groups in total. The van der Waals surface area contributed by atoms with Gasteiger partial charge in [-0.05, 0) is 72.7 Å². The molecule has 1 aliphatic rings. The number of rotatable bonds is 3. The molecule has 0 saturated heterocycles. The molecule has 0 aliphatic carbocycles. The zero-order valence-electron chi connectivity index (χ0n) is 15.0. The van der Waals surface area contributed by atoms with Crippen LogP contribution in [0.5, 0.6) is 0 Å². The summed E-state index contributed by atoms with van der Waals surface area (Å²) in [6.45, 7) is 8.32. The molecular weight excluding hydrogens is 298 g/mol. The van der Waals surface area contributed by atoms with Crippen molar-refractivity contribution in [2.24, 2.45) is 0 Å². The molecule has 3 rings (SSSR count). The zero-order chi connectivity index (χ0) is 17.3. The van der Waals surface area contributed by atoms with Crippen LogP contribution in [0.3, 0.4) is 0 Å². The lowest BCUT2D eigenvalue weighted by molar-refractivity contribution is -0.139. The van der Waals surface area contributed by atoms with Crippen molar-refractivity contribution >= 4 is 5.97 Å². The van der Waals surface area contributed by atoms with Crippen LogP contribution in [0.2, 0.25) is 0 Å². The highest BCUT2D eigenvalue weighted by atomic mass is 16.5. The Labute approximate surface area is 144 Å². The van der Waals surface area contributed by atoms with E-state index in [2.05, 4.69) is 50.4 Å². The summed E-state index contributed by atoms with van der Waals surface area (Å²) < 4.78 is 4.95. The second-order valence-corrected chi connectivity index (χ2v) is 6.61. The number of methoxy groups -OCH3 is 1. The van der Waals surface area contributed by atoms with E-state index in [1.807, 2.05) is 0 Å². The largest absolute Gasteiger partial charge is 0.469 e. The molecule has 0 saturated carbocycles. The maximum Gasteiger partial charge on any atom is 0.310 e. The molecule has 1 heterocycles. The van der Waals surface area contributed by atoms with E-state index < -0.39 is 0 Å². The number of carbonyl (C=O) groups excluding carboxylic acids is 1. The predicted octanol–water partition coefficient (Wildman–Crippen LogP) is 3.64. The molecule has 1 aliphatic heterocycles. The summed E-state index contributed by atoms with van der Waals surface area (Å²) in [7, 11) is 1.46. The van der Waals surface area contributed by atoms with Gasteiger partial charge in [-0.1, -0.05) is 29.8 Å². The Kier molecular flexibility index (Phi) is 4.72. The molecule has 0 fully saturated rings. The Morgan fingerprint density at radius 2 is 1.79 bits per heavy atom. The summed E-state index contributed by atoms with van der Waals surface area (Å²) >= 11 is 0. The van der Waals surface area contributed by atoms with Crippen LogP contribution in [0.1, 0.15) is 33.4 Å². The van der Waals surface area contributed by atoms with E-state index in [9.17, 15) is 4.79 Å². The zero-order valence-corrected chi connectivity index (χ0v) is 15.0. The highest BCUT2D eigenvalue weighted by Gasteiger charge is 2.23. The number of esters is 1. The van der Waals surface area contributed by atoms with Crippen molar-refractivity contribution in [1.82, 2.24) is 5.32 Å². The highest BCUT2D eigenvalue weighted by molar-refractivity contribution is 5.82. The summed E-state index contributed by atoms with van der Waals surface area (Å²) in [5.41, 5.74) is 10.0. The average molecular weight is 323 g/mol. The summed E-state index contributed by atoms with van der Waals surface area (Å²) in [4.78, 5) is 12.0. The van der Waals surface area contributed by atoms with Crippen LogP contribution in [-0.4, -0.2) is 19.6 Å². The molecule has 3 nitrogen and oxygen atoms in total. The molecule has 3 heteroatoms. The van der Waals surface area contributed by atoms with E-state index in [4.69, 9.17) is 4.74 Å². The van der Waals surface area contributed by atoms with Crippen LogP contribution >= 0.6 is 0 Å². The van der Waals surface area contributed by atoms with Gasteiger partial charge in [0.1, 0.15) is 0 Å². The van der Waals surface area contributed by atoms with Gasteiger partial charge in [0.25, 0.3) is 0 Å². The Morgan fingerprint density at radius 1 is 1.08 bits per heavy atom. The first-order chi connectivity index (χ1) is 11.5. The fraction of sp³-hybridized carbons (Fsp3) is 0.381. The smallest absolute Gasteiger partial charge is 0.310 e. The third kappa shape index (κ3) is 2.96. The Bertz CT molecular complexity index is 776. The molecule has 0 aromatic heterocycles. The van der Waals surface area contributed by atoms with Gasteiger partial charge in [0.2, 0.25) is 0 Å². The highest BCUT2D eigenvalue weighted by Crippen LogP contribution is 2.37. The molecular formula is C21H25NO2. The standard InChI is InChI=1S/C21H25NO2/c1-13-5-7-16(8-6-13)21-15(3)19-12-22-10-9-17(19)14(2)18(21)11-20(23)24-4/h5-8,22H,9-12H2,1-4H3. The van der Waals surface area contributed by atoms with Crippen LogP contribution < -0.4 is 5.32 Å². The molecule has 0 bridgehead atoms. The van der Waals surface area contributed by atoms with Crippen molar-refractivity contribution < 1.29 is 9.53 Å². The first-order valence-corrected chi connectivity index (χ1v) is 8.51. The monoisotopic (exact) mass is 323 g/mol. The molecule has 126 valence electrons. The van der Waals surface area contributed by atoms with Gasteiger partial charge < -0.3 is 10.1 Å². The van der Waals surface area contributed by atoms with Crippen LogP contribution in [0.25, 0.3) is 11.1 Å². The number of carbonyl (C=O) groups is 1. The van der Waals surface area contributed by atoms with Gasteiger partial charge >= 0.3 is 5.97 Å². The Hall–Kier alpha value is -2.13. The lowest BCUT2D eigenvalue weighted by Gasteiger charge is -2.27. The SMILES string of the molecule is COC(=O)Cc1c(C)c2c(c(C)c1-c1ccc(C)cc1)CNCC2. The lowest BCUT2D eigenvalue weighted by atomic mass is 9.81. The number of nitrogens with one attached hydrogen (secondary N) is 1. The number of hydrogen-bond acceptors (Lipinski definition) is 3. The van der Waals surface area contributed by atoms with Crippen molar-refractivity contribution in [1.29, 1.82) is 0 Å². The molecule has 0 unspecified atom stereocenters. The van der Waals surface area contributed by atoms with Gasteiger partial charge in [0, 0.05) is 6.54 Å². The normalized spacial score (nSPS) is 13.5. The van der Waals surface area contributed by atoms with Crippen molar-refractivity contribution in [3.63, 3.8) is 0 Å². The molecule has 0 atom stereocenters. The van der Waals surface area contributed by atoms with E-state index in [0.717, 1.165) is 25.1 Å². The van der Waals surface area contributed by atoms with Crippen LogP contribution in [-0.2, 0) is 28.9 Å². The summed E-state index contributed by atoms with van der Waals surface area (Å²) in [5, 5.41) is 3.48. The van der Waals surface area contributed by atoms with Crippen LogP contribution in [0.4, 0.5) is 0 Å². The number of benzene rings is 2. The fourth-order valence-corrected chi connectivity index (χ4v) is 3.75. The Morgan fingerprint density at radius 3 is 2.46 bits per heavy atom. The van der Waals surface area contributed by atoms with Gasteiger partial charge in [-0.3, -0.25) is 4.79 Å². The lowest BCUT2D eigenvalue weighted by Crippen LogP contribution is -2.26. The maximum absolute atomic E-state index is 12.0. The topological polar surface area (TPSA) is 38.3 Å². The number of aryl methyl sites for hydroxylation is 1. The van der Waals surface area contributed by atoms with E-state index in [1.165, 1.54) is 46.1 Å². The van der Waals surface area contributed by atoms with E-state index in [0.29, 0.717) is 6.42 Å². The second-order valence-electron chi connectivity index (χ2n) is 6.61. The van der Waals surface area contributed by atoms with Gasteiger partial charge in [-0.25, -0.2) is 0 Å². The maximum atomic E-state index is 12.0. The number of fused-ring (bicyclic) bond motifs is 1. The molecule has 0 amide bonds. The third-order valence-electron chi connectivity index (χ3n) is 5.14. The van der Waals surface area contributed by atoms with E-state index in [1.54, 1.807) is 0 Å². The van der Waals surface area contributed by atoms with Crippen molar-refractivity contribution in [2.45, 2.75) is 40.2 Å². The van der Waals surface area contributed by atoms with Crippen molar-refractivity contribution in [3.8, 4) is 11.1 Å². The number of hydrogen-bond donors (Lipinski definition) is 1. The van der Waals surface area contributed by atoms with Crippen molar-refractivity contribution in [2.75, 3.05) is 13.7 Å². The fourth-order valence-electron chi connectivity index (χ4n) is 3.75. The van der Waals surface area contributed by atoms with Gasteiger partial charge in [0.15, 0.2) is 0 Å². The van der Waals surface area contributed by atoms with Crippen LogP contribution in [0.15, 0.2) is 24.3 Å². The average Bonchev–Trinajstić information content (AvgIpc) is 2.60. The molecule has 0 spiro atoms. The predicted molar refractivity (Wildman–Crippen MR) is 97.2 cm³/mol. The van der Waals surface area contributed by atoms with Crippen LogP contribution in [0, 0.1) is 20.8 Å². The van der Waals surface area contributed by atoms with E-state index >= 15 is 0 Å². The molecule has 2 aromatic carbocycles. The quantitative estimate of drug-likeness (QED) is 0.877. The van der Waals surface area contributed by atoms with Crippen molar-refractivity contribution in [3.05, 3.63) is 57.6 Å². The Balaban J connectivity index is 2.25. The van der Waals surface area contributed by atoms with Gasteiger partial charge in [-0.2, -0.15) is 0 Å². The summed E-state index contributed by atoms with van der Waals surface area (Å²) in [6, 6.07) is 8.56. The van der Waals surface area contributed by atoms with Gasteiger partial charge in [-0.15, -0.1) is 0 Å². The number of ether oxygens (including phenoxy) is 1. The summed E-state index contributed by atoms with van der Waals surface area (Å²) in [5.74, 6) is -0.181. The minimum atomic E-state index is -0.181. The third-order valence-corrected chi connectivity index (χ3v) is 5.14. The molecule has 2 aromatic rings. The second kappa shape index (κ2) is 6.78.